The molecule has 0 bridgehead atoms. The summed E-state index contributed by atoms with van der Waals surface area (Å²) in [6, 6.07) is 12.4. The topological polar surface area (TPSA) is 42.4 Å². The van der Waals surface area contributed by atoms with Crippen molar-refractivity contribution in [3.8, 4) is 5.75 Å². The molecule has 1 amide bonds. The molecule has 0 spiro atoms. The zero-order valence-electron chi connectivity index (χ0n) is 13.1. The fraction of sp³-hybridized carbons (Fsp3) is 0.368. The maximum absolute atomic E-state index is 12.8. The van der Waals surface area contributed by atoms with E-state index in [4.69, 9.17) is 4.74 Å². The molecule has 0 radical (unpaired) electrons. The lowest BCUT2D eigenvalue weighted by Crippen LogP contribution is -2.34. The van der Waals surface area contributed by atoms with E-state index in [0.29, 0.717) is 19.0 Å². The Balaban J connectivity index is 1.47. The Labute approximate surface area is 136 Å². The number of hydrogen-bond acceptors (Lipinski definition) is 3. The summed E-state index contributed by atoms with van der Waals surface area (Å²) in [7, 11) is 0. The molecule has 0 saturated heterocycles. The Kier molecular flexibility index (Phi) is 3.74. The van der Waals surface area contributed by atoms with Crippen LogP contribution in [0.15, 0.2) is 42.6 Å². The largest absolute Gasteiger partial charge is 0.493 e. The first-order valence-corrected chi connectivity index (χ1v) is 8.23. The fourth-order valence-corrected chi connectivity index (χ4v) is 3.10. The Bertz CT molecular complexity index is 711. The molecule has 2 aliphatic rings. The van der Waals surface area contributed by atoms with Crippen LogP contribution in [0.1, 0.15) is 29.7 Å². The number of benzene rings is 1. The SMILES string of the molecule is O=C(Cc1ccc2c(c1)CCO2)N(Cc1ccccn1)C1CC1. The molecule has 0 unspecified atom stereocenters. The molecule has 2 heterocycles. The van der Waals surface area contributed by atoms with E-state index < -0.39 is 0 Å². The van der Waals surface area contributed by atoms with E-state index >= 15 is 0 Å². The van der Waals surface area contributed by atoms with E-state index in [1.165, 1.54) is 5.56 Å². The summed E-state index contributed by atoms with van der Waals surface area (Å²) in [4.78, 5) is 19.1. The van der Waals surface area contributed by atoms with Gasteiger partial charge in [0.1, 0.15) is 5.75 Å². The van der Waals surface area contributed by atoms with Gasteiger partial charge in [-0.2, -0.15) is 0 Å². The Hall–Kier alpha value is -2.36. The molecule has 1 aliphatic heterocycles. The van der Waals surface area contributed by atoms with Crippen molar-refractivity contribution in [2.75, 3.05) is 6.61 Å². The average molecular weight is 308 g/mol. The molecule has 4 rings (SSSR count). The predicted molar refractivity (Wildman–Crippen MR) is 87.2 cm³/mol. The van der Waals surface area contributed by atoms with Crippen LogP contribution in [0.5, 0.6) is 5.75 Å². The van der Waals surface area contributed by atoms with Gasteiger partial charge in [0.25, 0.3) is 0 Å². The van der Waals surface area contributed by atoms with Crippen molar-refractivity contribution in [3.63, 3.8) is 0 Å². The van der Waals surface area contributed by atoms with Crippen molar-refractivity contribution >= 4 is 5.91 Å². The third kappa shape index (κ3) is 3.21. The van der Waals surface area contributed by atoms with Gasteiger partial charge in [-0.25, -0.2) is 0 Å². The summed E-state index contributed by atoms with van der Waals surface area (Å²) in [6.45, 7) is 1.36. The van der Waals surface area contributed by atoms with Gasteiger partial charge < -0.3 is 9.64 Å². The molecular formula is C19H20N2O2. The Morgan fingerprint density at radius 1 is 1.26 bits per heavy atom. The van der Waals surface area contributed by atoms with Gasteiger partial charge in [-0.3, -0.25) is 9.78 Å². The van der Waals surface area contributed by atoms with Crippen LogP contribution in [0.3, 0.4) is 0 Å². The number of carbonyl (C=O) groups excluding carboxylic acids is 1. The monoisotopic (exact) mass is 308 g/mol. The van der Waals surface area contributed by atoms with Gasteiger partial charge in [0.05, 0.1) is 25.3 Å². The zero-order chi connectivity index (χ0) is 15.6. The van der Waals surface area contributed by atoms with Gasteiger partial charge in [0.15, 0.2) is 0 Å². The van der Waals surface area contributed by atoms with Crippen molar-refractivity contribution < 1.29 is 9.53 Å². The summed E-state index contributed by atoms with van der Waals surface area (Å²) in [5, 5.41) is 0. The number of aromatic nitrogens is 1. The first-order chi connectivity index (χ1) is 11.3. The number of carbonyl (C=O) groups is 1. The van der Waals surface area contributed by atoms with Crippen LogP contribution in [0.2, 0.25) is 0 Å². The molecule has 2 aromatic rings. The molecule has 1 aromatic heterocycles. The number of rotatable bonds is 5. The van der Waals surface area contributed by atoms with Crippen molar-refractivity contribution in [1.82, 2.24) is 9.88 Å². The number of nitrogens with zero attached hydrogens (tertiary/aromatic N) is 2. The second kappa shape index (κ2) is 6.03. The van der Waals surface area contributed by atoms with Crippen molar-refractivity contribution in [2.24, 2.45) is 0 Å². The van der Waals surface area contributed by atoms with Gasteiger partial charge in [-0.05, 0) is 42.2 Å². The minimum absolute atomic E-state index is 0.192. The van der Waals surface area contributed by atoms with Gasteiger partial charge in [0.2, 0.25) is 5.91 Å². The number of ether oxygens (including phenoxy) is 1. The minimum Gasteiger partial charge on any atom is -0.493 e. The number of pyridine rings is 1. The molecular weight excluding hydrogens is 288 g/mol. The van der Waals surface area contributed by atoms with Crippen LogP contribution in [-0.2, 0) is 24.2 Å². The third-order valence-corrected chi connectivity index (χ3v) is 4.48. The van der Waals surface area contributed by atoms with E-state index in [-0.39, 0.29) is 5.91 Å². The molecule has 1 fully saturated rings. The highest BCUT2D eigenvalue weighted by Gasteiger charge is 2.32. The molecule has 0 N–H and O–H groups in total. The maximum atomic E-state index is 12.8. The first kappa shape index (κ1) is 14.2. The molecule has 4 nitrogen and oxygen atoms in total. The summed E-state index contributed by atoms with van der Waals surface area (Å²) < 4.78 is 5.53. The molecule has 1 aromatic carbocycles. The highest BCUT2D eigenvalue weighted by molar-refractivity contribution is 5.79. The second-order valence-corrected chi connectivity index (χ2v) is 6.29. The van der Waals surface area contributed by atoms with Crippen molar-refractivity contribution in [3.05, 3.63) is 59.4 Å². The lowest BCUT2D eigenvalue weighted by Gasteiger charge is -2.22. The zero-order valence-corrected chi connectivity index (χ0v) is 13.1. The standard InChI is InChI=1S/C19H20N2O2/c22-19(12-14-4-7-18-15(11-14)8-10-23-18)21(17-5-6-17)13-16-3-1-2-9-20-16/h1-4,7,9,11,17H,5-6,8,10,12-13H2. The van der Waals surface area contributed by atoms with E-state index in [0.717, 1.165) is 42.9 Å². The fourth-order valence-electron chi connectivity index (χ4n) is 3.10. The molecule has 118 valence electrons. The maximum Gasteiger partial charge on any atom is 0.227 e. The van der Waals surface area contributed by atoms with Crippen LogP contribution < -0.4 is 4.74 Å². The van der Waals surface area contributed by atoms with Gasteiger partial charge in [-0.15, -0.1) is 0 Å². The lowest BCUT2D eigenvalue weighted by atomic mass is 10.1. The minimum atomic E-state index is 0.192. The summed E-state index contributed by atoms with van der Waals surface area (Å²) in [6.07, 6.45) is 5.40. The first-order valence-electron chi connectivity index (χ1n) is 8.23. The van der Waals surface area contributed by atoms with E-state index in [9.17, 15) is 4.79 Å². The number of hydrogen-bond donors (Lipinski definition) is 0. The van der Waals surface area contributed by atoms with E-state index in [2.05, 4.69) is 11.1 Å². The Morgan fingerprint density at radius 2 is 2.17 bits per heavy atom. The van der Waals surface area contributed by atoms with Crippen molar-refractivity contribution in [2.45, 2.75) is 38.3 Å². The quantitative estimate of drug-likeness (QED) is 0.853. The third-order valence-electron chi connectivity index (χ3n) is 4.48. The van der Waals surface area contributed by atoms with Gasteiger partial charge in [-0.1, -0.05) is 18.2 Å². The van der Waals surface area contributed by atoms with Crippen LogP contribution in [-0.4, -0.2) is 28.4 Å². The highest BCUT2D eigenvalue weighted by atomic mass is 16.5. The number of amides is 1. The number of fused-ring (bicyclic) bond motifs is 1. The van der Waals surface area contributed by atoms with E-state index in [1.54, 1.807) is 6.20 Å². The molecule has 1 saturated carbocycles. The molecule has 1 aliphatic carbocycles. The average Bonchev–Trinajstić information content (AvgIpc) is 3.30. The summed E-state index contributed by atoms with van der Waals surface area (Å²) in [5.41, 5.74) is 3.25. The second-order valence-electron chi connectivity index (χ2n) is 6.29. The molecule has 0 atom stereocenters. The van der Waals surface area contributed by atoms with Crippen LogP contribution in [0, 0.1) is 0 Å². The van der Waals surface area contributed by atoms with Crippen LogP contribution in [0.4, 0.5) is 0 Å². The Morgan fingerprint density at radius 3 is 2.96 bits per heavy atom. The van der Waals surface area contributed by atoms with Gasteiger partial charge >= 0.3 is 0 Å². The van der Waals surface area contributed by atoms with Gasteiger partial charge in [0, 0.05) is 18.7 Å². The summed E-state index contributed by atoms with van der Waals surface area (Å²) >= 11 is 0. The smallest absolute Gasteiger partial charge is 0.227 e. The van der Waals surface area contributed by atoms with Crippen LogP contribution in [0.25, 0.3) is 0 Å². The van der Waals surface area contributed by atoms with Crippen LogP contribution >= 0.6 is 0 Å². The van der Waals surface area contributed by atoms with E-state index in [1.807, 2.05) is 35.2 Å². The molecule has 23 heavy (non-hydrogen) atoms. The predicted octanol–water partition coefficient (Wildman–Crippen LogP) is 2.75. The summed E-state index contributed by atoms with van der Waals surface area (Å²) in [5.74, 6) is 1.16. The molecule has 4 heteroatoms. The normalized spacial score (nSPS) is 15.8. The van der Waals surface area contributed by atoms with Crippen molar-refractivity contribution in [1.29, 1.82) is 0 Å². The highest BCUT2D eigenvalue weighted by Crippen LogP contribution is 2.30. The lowest BCUT2D eigenvalue weighted by molar-refractivity contribution is -0.131.